The van der Waals surface area contributed by atoms with Gasteiger partial charge in [-0.3, -0.25) is 9.36 Å². The molecule has 1 aliphatic carbocycles. The molecule has 0 bridgehead atoms. The highest BCUT2D eigenvalue weighted by molar-refractivity contribution is 8.00. The Morgan fingerprint density at radius 2 is 1.82 bits per heavy atom. The van der Waals surface area contributed by atoms with E-state index in [-0.39, 0.29) is 11.7 Å². The van der Waals surface area contributed by atoms with Crippen molar-refractivity contribution in [2.75, 3.05) is 5.32 Å². The number of alkyl halides is 3. The van der Waals surface area contributed by atoms with Crippen LogP contribution in [0.4, 0.5) is 23.2 Å². The summed E-state index contributed by atoms with van der Waals surface area (Å²) in [5.41, 5.74) is -0.432. The molecule has 0 spiro atoms. The highest BCUT2D eigenvalue weighted by atomic mass is 32.2. The van der Waals surface area contributed by atoms with Crippen molar-refractivity contribution in [1.29, 1.82) is 0 Å². The van der Waals surface area contributed by atoms with Crippen LogP contribution in [-0.2, 0) is 11.0 Å². The molecule has 5 nitrogen and oxygen atoms in total. The molecular formula is C24H24F4N4OS. The van der Waals surface area contributed by atoms with Crippen molar-refractivity contribution in [2.24, 2.45) is 0 Å². The Morgan fingerprint density at radius 3 is 2.53 bits per heavy atom. The molecule has 0 aliphatic heterocycles. The molecule has 2 aromatic carbocycles. The van der Waals surface area contributed by atoms with Gasteiger partial charge in [-0.05, 0) is 50.1 Å². The molecule has 1 unspecified atom stereocenters. The van der Waals surface area contributed by atoms with Crippen LogP contribution in [0.25, 0.3) is 11.4 Å². The van der Waals surface area contributed by atoms with E-state index >= 15 is 0 Å². The molecule has 1 aliphatic rings. The van der Waals surface area contributed by atoms with Gasteiger partial charge in [-0.2, -0.15) is 13.2 Å². The summed E-state index contributed by atoms with van der Waals surface area (Å²) < 4.78 is 55.4. The number of hydrogen-bond donors (Lipinski definition) is 1. The summed E-state index contributed by atoms with van der Waals surface area (Å²) >= 11 is 1.15. The second kappa shape index (κ2) is 10.2. The average Bonchev–Trinajstić information content (AvgIpc) is 3.22. The number of anilines is 1. The van der Waals surface area contributed by atoms with Crippen LogP contribution in [-0.4, -0.2) is 25.9 Å². The first kappa shape index (κ1) is 24.3. The Bertz CT molecular complexity index is 1160. The van der Waals surface area contributed by atoms with Crippen LogP contribution in [0.1, 0.15) is 50.6 Å². The normalized spacial score (nSPS) is 15.8. The third kappa shape index (κ3) is 5.43. The summed E-state index contributed by atoms with van der Waals surface area (Å²) in [4.78, 5) is 12.8. The summed E-state index contributed by atoms with van der Waals surface area (Å²) in [7, 11) is 0. The van der Waals surface area contributed by atoms with Gasteiger partial charge in [0.25, 0.3) is 0 Å². The lowest BCUT2D eigenvalue weighted by molar-refractivity contribution is -0.137. The minimum absolute atomic E-state index is 0.0630. The van der Waals surface area contributed by atoms with Crippen LogP contribution in [0, 0.1) is 5.82 Å². The van der Waals surface area contributed by atoms with E-state index < -0.39 is 28.7 Å². The zero-order valence-electron chi connectivity index (χ0n) is 18.5. The number of nitrogens with zero attached hydrogens (tertiary/aromatic N) is 3. The first-order chi connectivity index (χ1) is 16.2. The van der Waals surface area contributed by atoms with E-state index in [1.165, 1.54) is 18.2 Å². The lowest BCUT2D eigenvalue weighted by Crippen LogP contribution is -2.24. The maximum absolute atomic E-state index is 14.5. The minimum Gasteiger partial charge on any atom is -0.325 e. The number of hydrogen-bond acceptors (Lipinski definition) is 4. The van der Waals surface area contributed by atoms with E-state index in [0.29, 0.717) is 16.5 Å². The summed E-state index contributed by atoms with van der Waals surface area (Å²) in [5, 5.41) is 10.9. The van der Waals surface area contributed by atoms with Crippen molar-refractivity contribution in [2.45, 2.75) is 61.7 Å². The molecule has 4 rings (SSSR count). The zero-order valence-corrected chi connectivity index (χ0v) is 19.3. The Hall–Kier alpha value is -2.88. The fourth-order valence-corrected chi connectivity index (χ4v) is 5.00. The van der Waals surface area contributed by atoms with E-state index in [1.54, 1.807) is 25.1 Å². The summed E-state index contributed by atoms with van der Waals surface area (Å²) in [6.07, 6.45) is 0.507. The van der Waals surface area contributed by atoms with Gasteiger partial charge in [0.2, 0.25) is 5.91 Å². The molecule has 34 heavy (non-hydrogen) atoms. The third-order valence-corrected chi connectivity index (χ3v) is 6.88. The second-order valence-corrected chi connectivity index (χ2v) is 9.58. The van der Waals surface area contributed by atoms with Gasteiger partial charge >= 0.3 is 6.18 Å². The molecular weight excluding hydrogens is 468 g/mol. The average molecular weight is 493 g/mol. The van der Waals surface area contributed by atoms with Crippen LogP contribution in [0.5, 0.6) is 0 Å². The summed E-state index contributed by atoms with van der Waals surface area (Å²) in [5.74, 6) is -0.452. The highest BCUT2D eigenvalue weighted by Gasteiger charge is 2.31. The maximum atomic E-state index is 14.5. The van der Waals surface area contributed by atoms with Crippen molar-refractivity contribution in [3.63, 3.8) is 0 Å². The van der Waals surface area contributed by atoms with Crippen molar-refractivity contribution < 1.29 is 22.4 Å². The van der Waals surface area contributed by atoms with Crippen LogP contribution >= 0.6 is 11.8 Å². The fourth-order valence-electron chi connectivity index (χ4n) is 4.08. The number of halogens is 4. The first-order valence-corrected chi connectivity index (χ1v) is 12.0. The molecule has 0 saturated heterocycles. The first-order valence-electron chi connectivity index (χ1n) is 11.1. The van der Waals surface area contributed by atoms with E-state index in [4.69, 9.17) is 0 Å². The van der Waals surface area contributed by atoms with Gasteiger partial charge in [-0.25, -0.2) is 4.39 Å². The van der Waals surface area contributed by atoms with Crippen molar-refractivity contribution >= 4 is 23.4 Å². The predicted octanol–water partition coefficient (Wildman–Crippen LogP) is 6.73. The van der Waals surface area contributed by atoms with Crippen molar-refractivity contribution in [3.8, 4) is 11.4 Å². The number of thioether (sulfide) groups is 1. The smallest absolute Gasteiger partial charge is 0.325 e. The molecule has 3 aromatic rings. The maximum Gasteiger partial charge on any atom is 0.416 e. The largest absolute Gasteiger partial charge is 0.416 e. The number of carbonyl (C=O) groups is 1. The molecule has 1 atom stereocenters. The molecule has 10 heteroatoms. The van der Waals surface area contributed by atoms with E-state index in [9.17, 15) is 22.4 Å². The fraction of sp³-hybridized carbons (Fsp3) is 0.375. The van der Waals surface area contributed by atoms with Crippen LogP contribution in [0.15, 0.2) is 53.7 Å². The number of benzene rings is 2. The highest BCUT2D eigenvalue weighted by Crippen LogP contribution is 2.37. The van der Waals surface area contributed by atoms with Gasteiger partial charge in [0.05, 0.1) is 16.4 Å². The summed E-state index contributed by atoms with van der Waals surface area (Å²) in [6.45, 7) is 1.65. The van der Waals surface area contributed by atoms with Crippen molar-refractivity contribution in [3.05, 3.63) is 59.9 Å². The van der Waals surface area contributed by atoms with Gasteiger partial charge in [0.15, 0.2) is 11.0 Å². The predicted molar refractivity (Wildman–Crippen MR) is 123 cm³/mol. The molecule has 1 amide bonds. The number of carbonyl (C=O) groups excluding carboxylic acids is 1. The Kier molecular flexibility index (Phi) is 7.25. The molecule has 1 aromatic heterocycles. The Morgan fingerprint density at radius 1 is 1.09 bits per heavy atom. The standard InChI is InChI=1S/C24H24F4N4OS/c1-15(22(33)29-17-9-7-8-16(14-17)24(26,27)28)34-23-31-30-21(19-12-5-6-13-20(19)25)32(23)18-10-3-2-4-11-18/h5-9,12-15,18H,2-4,10-11H2,1H3,(H,29,33). The van der Waals surface area contributed by atoms with Gasteiger partial charge in [-0.15, -0.1) is 10.2 Å². The second-order valence-electron chi connectivity index (χ2n) is 8.28. The SMILES string of the molecule is CC(Sc1nnc(-c2ccccc2F)n1C1CCCCC1)C(=O)Nc1cccc(C(F)(F)F)c1. The van der Waals surface area contributed by atoms with E-state index in [2.05, 4.69) is 15.5 Å². The van der Waals surface area contributed by atoms with Gasteiger partial charge in [-0.1, -0.05) is 49.2 Å². The van der Waals surface area contributed by atoms with Crippen molar-refractivity contribution in [1.82, 2.24) is 14.8 Å². The molecule has 1 fully saturated rings. The van der Waals surface area contributed by atoms with Gasteiger partial charge in [0.1, 0.15) is 5.82 Å². The minimum atomic E-state index is -4.50. The quantitative estimate of drug-likeness (QED) is 0.306. The lowest BCUT2D eigenvalue weighted by Gasteiger charge is -2.26. The lowest BCUT2D eigenvalue weighted by atomic mass is 9.95. The molecule has 1 N–H and O–H groups in total. The van der Waals surface area contributed by atoms with Gasteiger partial charge < -0.3 is 5.32 Å². The molecule has 1 saturated carbocycles. The van der Waals surface area contributed by atoms with Crippen LogP contribution in [0.3, 0.4) is 0 Å². The number of nitrogens with one attached hydrogen (secondary N) is 1. The van der Waals surface area contributed by atoms with E-state index in [0.717, 1.165) is 56.0 Å². The molecule has 180 valence electrons. The van der Waals surface area contributed by atoms with E-state index in [1.807, 2.05) is 4.57 Å². The van der Waals surface area contributed by atoms with Crippen LogP contribution in [0.2, 0.25) is 0 Å². The summed E-state index contributed by atoms with van der Waals surface area (Å²) in [6, 6.07) is 10.9. The Balaban J connectivity index is 1.57. The third-order valence-electron chi connectivity index (χ3n) is 5.83. The number of rotatable bonds is 6. The molecule has 0 radical (unpaired) electrons. The Labute approximate surface area is 199 Å². The zero-order chi connectivity index (χ0) is 24.3. The monoisotopic (exact) mass is 492 g/mol. The number of aromatic nitrogens is 3. The van der Waals surface area contributed by atoms with Crippen LogP contribution < -0.4 is 5.32 Å². The van der Waals surface area contributed by atoms with Gasteiger partial charge in [0, 0.05) is 11.7 Å². The number of amides is 1. The topological polar surface area (TPSA) is 59.8 Å². The molecule has 1 heterocycles.